The zero-order chi connectivity index (χ0) is 16.9. The summed E-state index contributed by atoms with van der Waals surface area (Å²) in [7, 11) is 0. The first kappa shape index (κ1) is 16.1. The van der Waals surface area contributed by atoms with Crippen LogP contribution < -0.4 is 0 Å². The van der Waals surface area contributed by atoms with Crippen molar-refractivity contribution in [2.24, 2.45) is 5.92 Å². The van der Waals surface area contributed by atoms with Gasteiger partial charge in [-0.1, -0.05) is 86.7 Å². The van der Waals surface area contributed by atoms with Crippen LogP contribution in [0, 0.1) is 5.92 Å². The number of aromatic nitrogens is 2. The Balaban J connectivity index is 1.41. The van der Waals surface area contributed by atoms with Crippen molar-refractivity contribution in [1.29, 1.82) is 0 Å². The first-order valence-electron chi connectivity index (χ1n) is 9.58. The monoisotopic (exact) mass is 330 g/mol. The molecule has 1 N–H and O–H groups in total. The van der Waals surface area contributed by atoms with Gasteiger partial charge in [0.25, 0.3) is 0 Å². The summed E-state index contributed by atoms with van der Waals surface area (Å²) in [6, 6.07) is 19.2. The number of benzene rings is 2. The lowest BCUT2D eigenvalue weighted by Gasteiger charge is -2.20. The highest BCUT2D eigenvalue weighted by Crippen LogP contribution is 2.28. The highest BCUT2D eigenvalue weighted by molar-refractivity contribution is 5.68. The van der Waals surface area contributed by atoms with Crippen molar-refractivity contribution in [3.8, 4) is 22.4 Å². The van der Waals surface area contributed by atoms with E-state index in [2.05, 4.69) is 64.6 Å². The fourth-order valence-corrected chi connectivity index (χ4v) is 3.93. The van der Waals surface area contributed by atoms with Gasteiger partial charge in [0.15, 0.2) is 0 Å². The van der Waals surface area contributed by atoms with Crippen molar-refractivity contribution in [1.82, 2.24) is 9.97 Å². The lowest BCUT2D eigenvalue weighted by Crippen LogP contribution is -2.07. The number of nitrogens with one attached hydrogen (secondary N) is 1. The number of imidazole rings is 1. The first-order chi connectivity index (χ1) is 12.4. The van der Waals surface area contributed by atoms with E-state index >= 15 is 0 Å². The summed E-state index contributed by atoms with van der Waals surface area (Å²) >= 11 is 0. The average molecular weight is 330 g/mol. The van der Waals surface area contributed by atoms with Crippen LogP contribution in [0.3, 0.4) is 0 Å². The van der Waals surface area contributed by atoms with Crippen LogP contribution in [0.2, 0.25) is 0 Å². The molecular formula is C23H26N2. The van der Waals surface area contributed by atoms with Crippen molar-refractivity contribution in [2.75, 3.05) is 0 Å². The van der Waals surface area contributed by atoms with Gasteiger partial charge in [-0.25, -0.2) is 4.98 Å². The SMILES string of the molecule is c1ccc(-c2ccc(-c3cnc(CCC4CCCCC4)[nH]3)cc2)cc1. The highest BCUT2D eigenvalue weighted by atomic mass is 14.9. The van der Waals surface area contributed by atoms with Gasteiger partial charge in [-0.15, -0.1) is 0 Å². The predicted octanol–water partition coefficient (Wildman–Crippen LogP) is 6.26. The number of hydrogen-bond acceptors (Lipinski definition) is 1. The van der Waals surface area contributed by atoms with Crippen LogP contribution in [0.1, 0.15) is 44.3 Å². The van der Waals surface area contributed by atoms with E-state index in [4.69, 9.17) is 0 Å². The molecule has 0 aliphatic heterocycles. The Kier molecular flexibility index (Phi) is 4.96. The maximum atomic E-state index is 4.60. The van der Waals surface area contributed by atoms with Gasteiger partial charge in [-0.3, -0.25) is 0 Å². The summed E-state index contributed by atoms with van der Waals surface area (Å²) in [4.78, 5) is 8.12. The van der Waals surface area contributed by atoms with E-state index in [9.17, 15) is 0 Å². The van der Waals surface area contributed by atoms with Gasteiger partial charge < -0.3 is 4.98 Å². The smallest absolute Gasteiger partial charge is 0.106 e. The van der Waals surface area contributed by atoms with Crippen LogP contribution in [0.4, 0.5) is 0 Å². The molecule has 1 saturated carbocycles. The molecule has 1 fully saturated rings. The lowest BCUT2D eigenvalue weighted by molar-refractivity contribution is 0.337. The average Bonchev–Trinajstić information content (AvgIpc) is 3.17. The molecule has 1 aromatic heterocycles. The van der Waals surface area contributed by atoms with E-state index in [1.54, 1.807) is 0 Å². The van der Waals surface area contributed by atoms with Gasteiger partial charge in [-0.05, 0) is 29.0 Å². The van der Waals surface area contributed by atoms with Crippen LogP contribution >= 0.6 is 0 Å². The Morgan fingerprint density at radius 3 is 2.24 bits per heavy atom. The number of nitrogens with zero attached hydrogens (tertiary/aromatic N) is 1. The molecule has 0 radical (unpaired) electrons. The summed E-state index contributed by atoms with van der Waals surface area (Å²) < 4.78 is 0. The number of aryl methyl sites for hydroxylation is 1. The molecule has 0 bridgehead atoms. The predicted molar refractivity (Wildman–Crippen MR) is 104 cm³/mol. The van der Waals surface area contributed by atoms with Gasteiger partial charge in [0.2, 0.25) is 0 Å². The molecule has 4 rings (SSSR count). The zero-order valence-electron chi connectivity index (χ0n) is 14.7. The third kappa shape index (κ3) is 4.01. The molecular weight excluding hydrogens is 304 g/mol. The van der Waals surface area contributed by atoms with Crippen molar-refractivity contribution >= 4 is 0 Å². The normalized spacial score (nSPS) is 15.4. The summed E-state index contributed by atoms with van der Waals surface area (Å²) in [6.45, 7) is 0. The molecule has 2 heteroatoms. The number of H-pyrrole nitrogens is 1. The molecule has 0 amide bonds. The van der Waals surface area contributed by atoms with Gasteiger partial charge in [-0.2, -0.15) is 0 Å². The number of hydrogen-bond donors (Lipinski definition) is 1. The minimum absolute atomic E-state index is 0.910. The Hall–Kier alpha value is -2.35. The fraction of sp³-hybridized carbons (Fsp3) is 0.348. The largest absolute Gasteiger partial charge is 0.342 e. The van der Waals surface area contributed by atoms with Crippen molar-refractivity contribution in [2.45, 2.75) is 44.9 Å². The molecule has 1 heterocycles. The summed E-state index contributed by atoms with van der Waals surface area (Å²) in [6.07, 6.45) is 11.4. The third-order valence-electron chi connectivity index (χ3n) is 5.45. The van der Waals surface area contributed by atoms with E-state index in [0.29, 0.717) is 0 Å². The molecule has 1 aliphatic carbocycles. The topological polar surface area (TPSA) is 28.7 Å². The second-order valence-electron chi connectivity index (χ2n) is 7.23. The summed E-state index contributed by atoms with van der Waals surface area (Å²) in [5, 5.41) is 0. The second-order valence-corrected chi connectivity index (χ2v) is 7.23. The Morgan fingerprint density at radius 1 is 0.800 bits per heavy atom. The minimum Gasteiger partial charge on any atom is -0.342 e. The Morgan fingerprint density at radius 2 is 1.48 bits per heavy atom. The maximum Gasteiger partial charge on any atom is 0.106 e. The van der Waals surface area contributed by atoms with Crippen LogP contribution in [0.5, 0.6) is 0 Å². The molecule has 2 nitrogen and oxygen atoms in total. The van der Waals surface area contributed by atoms with Gasteiger partial charge in [0.05, 0.1) is 11.9 Å². The molecule has 2 aromatic carbocycles. The van der Waals surface area contributed by atoms with E-state index in [1.807, 2.05) is 6.20 Å². The van der Waals surface area contributed by atoms with Gasteiger partial charge in [0.1, 0.15) is 5.82 Å². The van der Waals surface area contributed by atoms with Crippen molar-refractivity contribution in [3.05, 3.63) is 66.6 Å². The van der Waals surface area contributed by atoms with Crippen LogP contribution in [0.25, 0.3) is 22.4 Å². The van der Waals surface area contributed by atoms with E-state index in [0.717, 1.165) is 23.9 Å². The number of rotatable bonds is 5. The summed E-state index contributed by atoms with van der Waals surface area (Å²) in [5.74, 6) is 2.04. The molecule has 128 valence electrons. The molecule has 3 aromatic rings. The number of aromatic amines is 1. The molecule has 25 heavy (non-hydrogen) atoms. The zero-order valence-corrected chi connectivity index (χ0v) is 14.7. The van der Waals surface area contributed by atoms with Crippen molar-refractivity contribution in [3.63, 3.8) is 0 Å². The standard InChI is InChI=1S/C23H26N2/c1-3-7-18(8-4-1)11-16-23-24-17-22(25-23)21-14-12-20(13-15-21)19-9-5-2-6-10-19/h2,5-6,9-10,12-15,17-18H,1,3-4,7-8,11,16H2,(H,24,25). The lowest BCUT2D eigenvalue weighted by atomic mass is 9.86. The molecule has 0 unspecified atom stereocenters. The van der Waals surface area contributed by atoms with E-state index in [1.165, 1.54) is 55.2 Å². The quantitative estimate of drug-likeness (QED) is 0.588. The highest BCUT2D eigenvalue weighted by Gasteiger charge is 2.14. The van der Waals surface area contributed by atoms with Gasteiger partial charge >= 0.3 is 0 Å². The molecule has 0 atom stereocenters. The summed E-state index contributed by atoms with van der Waals surface area (Å²) in [5.41, 5.74) is 4.84. The van der Waals surface area contributed by atoms with Crippen LogP contribution in [-0.4, -0.2) is 9.97 Å². The fourth-order valence-electron chi connectivity index (χ4n) is 3.93. The van der Waals surface area contributed by atoms with E-state index in [-0.39, 0.29) is 0 Å². The Labute approximate surface area is 150 Å². The van der Waals surface area contributed by atoms with Gasteiger partial charge in [0, 0.05) is 6.42 Å². The second kappa shape index (κ2) is 7.69. The van der Waals surface area contributed by atoms with Crippen LogP contribution in [0.15, 0.2) is 60.8 Å². The Bertz CT molecular complexity index is 780. The molecule has 0 spiro atoms. The van der Waals surface area contributed by atoms with Crippen LogP contribution in [-0.2, 0) is 6.42 Å². The minimum atomic E-state index is 0.910. The molecule has 1 aliphatic rings. The molecule has 0 saturated heterocycles. The van der Waals surface area contributed by atoms with E-state index < -0.39 is 0 Å². The third-order valence-corrected chi connectivity index (χ3v) is 5.45. The first-order valence-corrected chi connectivity index (χ1v) is 9.58. The maximum absolute atomic E-state index is 4.60. The van der Waals surface area contributed by atoms with Crippen molar-refractivity contribution < 1.29 is 0 Å².